The number of nitrogens with zero attached hydrogens (tertiary/aromatic N) is 1. The highest BCUT2D eigenvalue weighted by molar-refractivity contribution is 5.98. The van der Waals surface area contributed by atoms with E-state index in [0.29, 0.717) is 48.4 Å². The number of hydrogen-bond donors (Lipinski definition) is 3. The predicted octanol–water partition coefficient (Wildman–Crippen LogP) is 4.17. The van der Waals surface area contributed by atoms with Crippen LogP contribution in [0.4, 0.5) is 10.1 Å². The molecule has 0 radical (unpaired) electrons. The number of nitrogens with one attached hydrogen (secondary N) is 2. The summed E-state index contributed by atoms with van der Waals surface area (Å²) in [7, 11) is 0. The van der Waals surface area contributed by atoms with Gasteiger partial charge in [-0.05, 0) is 62.8 Å². The van der Waals surface area contributed by atoms with E-state index in [1.54, 1.807) is 32.0 Å². The molecule has 0 aromatic heterocycles. The molecule has 3 N–H and O–H groups in total. The number of carboxylic acid groups (broad SMARTS) is 1. The summed E-state index contributed by atoms with van der Waals surface area (Å²) in [6.45, 7) is 5.86. The number of anilines is 1. The molecular formula is C28H30FN3O5. The van der Waals surface area contributed by atoms with Crippen molar-refractivity contribution in [3.63, 3.8) is 0 Å². The average molecular weight is 508 g/mol. The first-order valence-corrected chi connectivity index (χ1v) is 12.4. The summed E-state index contributed by atoms with van der Waals surface area (Å²) in [4.78, 5) is 37.1. The lowest BCUT2D eigenvalue weighted by molar-refractivity contribution is -0.137. The van der Waals surface area contributed by atoms with Crippen molar-refractivity contribution in [1.29, 1.82) is 5.26 Å². The molecule has 0 saturated heterocycles. The number of carbonyl (C=O) groups excluding carboxylic acids is 2. The number of benzene rings is 2. The van der Waals surface area contributed by atoms with Crippen LogP contribution in [0.1, 0.15) is 67.1 Å². The van der Waals surface area contributed by atoms with E-state index in [1.807, 2.05) is 6.92 Å². The van der Waals surface area contributed by atoms with Gasteiger partial charge in [0.15, 0.2) is 0 Å². The van der Waals surface area contributed by atoms with Crippen molar-refractivity contribution in [3.05, 3.63) is 58.4 Å². The molecule has 2 aliphatic rings. The second kappa shape index (κ2) is 10.2. The first-order chi connectivity index (χ1) is 17.6. The Morgan fingerprint density at radius 2 is 2.03 bits per heavy atom. The lowest BCUT2D eigenvalue weighted by Crippen LogP contribution is -2.32. The van der Waals surface area contributed by atoms with E-state index in [-0.39, 0.29) is 29.9 Å². The Morgan fingerprint density at radius 1 is 1.27 bits per heavy atom. The van der Waals surface area contributed by atoms with E-state index in [9.17, 15) is 24.0 Å². The third-order valence-corrected chi connectivity index (χ3v) is 7.38. The van der Waals surface area contributed by atoms with Crippen LogP contribution >= 0.6 is 0 Å². The van der Waals surface area contributed by atoms with Gasteiger partial charge in [-0.3, -0.25) is 14.4 Å². The maximum atomic E-state index is 14.8. The molecule has 4 rings (SSSR count). The van der Waals surface area contributed by atoms with Crippen molar-refractivity contribution in [3.8, 4) is 11.8 Å². The normalized spacial score (nSPS) is 21.5. The van der Waals surface area contributed by atoms with Gasteiger partial charge in [0, 0.05) is 35.2 Å². The van der Waals surface area contributed by atoms with Gasteiger partial charge >= 0.3 is 5.97 Å². The van der Waals surface area contributed by atoms with Crippen LogP contribution in [0, 0.1) is 29.0 Å². The molecule has 1 aliphatic carbocycles. The highest BCUT2D eigenvalue weighted by Crippen LogP contribution is 2.65. The molecule has 194 valence electrons. The molecule has 1 fully saturated rings. The Morgan fingerprint density at radius 3 is 2.70 bits per heavy atom. The second-order valence-electron chi connectivity index (χ2n) is 10.1. The van der Waals surface area contributed by atoms with Gasteiger partial charge < -0.3 is 20.5 Å². The van der Waals surface area contributed by atoms with Crippen LogP contribution in [-0.4, -0.2) is 35.5 Å². The number of carboxylic acids is 1. The lowest BCUT2D eigenvalue weighted by Gasteiger charge is -2.28. The average Bonchev–Trinajstić information content (AvgIpc) is 3.41. The molecule has 3 atom stereocenters. The molecular weight excluding hydrogens is 477 g/mol. The van der Waals surface area contributed by atoms with Crippen molar-refractivity contribution in [2.75, 3.05) is 11.9 Å². The number of rotatable bonds is 8. The number of aryl methyl sites for hydroxylation is 1. The van der Waals surface area contributed by atoms with E-state index in [4.69, 9.17) is 9.84 Å². The summed E-state index contributed by atoms with van der Waals surface area (Å²) in [5.74, 6) is -2.54. The van der Waals surface area contributed by atoms with Crippen molar-refractivity contribution in [1.82, 2.24) is 5.32 Å². The van der Waals surface area contributed by atoms with Gasteiger partial charge in [0.2, 0.25) is 5.91 Å². The van der Waals surface area contributed by atoms with Crippen molar-refractivity contribution in [2.24, 2.45) is 11.8 Å². The van der Waals surface area contributed by atoms with Crippen LogP contribution in [-0.2, 0) is 21.4 Å². The second-order valence-corrected chi connectivity index (χ2v) is 10.1. The SMILES string of the molecule is CC(C)NC(=O)c1cc2c(cc1F)OCC[C@]21C(C)C1C(=O)Nc1cc(C#N)ccc1CCCC(=O)O. The molecule has 2 unspecified atom stereocenters. The van der Waals surface area contributed by atoms with Gasteiger partial charge in [-0.2, -0.15) is 5.26 Å². The zero-order valence-corrected chi connectivity index (χ0v) is 21.1. The van der Waals surface area contributed by atoms with Gasteiger partial charge in [-0.15, -0.1) is 0 Å². The number of aliphatic carboxylic acids is 1. The van der Waals surface area contributed by atoms with Crippen molar-refractivity contribution in [2.45, 2.75) is 57.9 Å². The topological polar surface area (TPSA) is 129 Å². The van der Waals surface area contributed by atoms with E-state index >= 15 is 0 Å². The number of fused-ring (bicyclic) bond motifs is 2. The zero-order valence-electron chi connectivity index (χ0n) is 21.1. The molecule has 2 aromatic rings. The van der Waals surface area contributed by atoms with Crippen molar-refractivity contribution < 1.29 is 28.6 Å². The Labute approximate surface area is 214 Å². The third kappa shape index (κ3) is 5.01. The maximum Gasteiger partial charge on any atom is 0.303 e. The smallest absolute Gasteiger partial charge is 0.303 e. The molecule has 8 nitrogen and oxygen atoms in total. The standard InChI is InChI=1S/C28H30FN3O5/c1-15(2)31-26(35)19-12-20-23(13-21(19)29)37-10-9-28(20)16(3)25(28)27(36)32-22-11-17(14-30)7-8-18(22)5-4-6-24(33)34/h7-8,11-13,15-16,25H,4-6,9-10H2,1-3H3,(H,31,35)(H,32,36)(H,33,34)/t16?,25?,28-/m0/s1. The number of hydrogen-bond acceptors (Lipinski definition) is 5. The quantitative estimate of drug-likeness (QED) is 0.492. The van der Waals surface area contributed by atoms with Crippen LogP contribution in [0.3, 0.4) is 0 Å². The molecule has 2 amide bonds. The van der Waals surface area contributed by atoms with E-state index in [0.717, 1.165) is 5.56 Å². The summed E-state index contributed by atoms with van der Waals surface area (Å²) < 4.78 is 20.5. The van der Waals surface area contributed by atoms with E-state index in [1.165, 1.54) is 12.1 Å². The van der Waals surface area contributed by atoms with Crippen LogP contribution in [0.2, 0.25) is 0 Å². The largest absolute Gasteiger partial charge is 0.493 e. The number of carbonyl (C=O) groups is 3. The molecule has 1 heterocycles. The van der Waals surface area contributed by atoms with Gasteiger partial charge in [0.05, 0.1) is 29.7 Å². The molecule has 1 spiro atoms. The number of nitriles is 1. The number of ether oxygens (including phenoxy) is 1. The fraction of sp³-hybridized carbons (Fsp3) is 0.429. The number of halogens is 1. The Hall–Kier alpha value is -3.93. The number of amides is 2. The van der Waals surface area contributed by atoms with Gasteiger partial charge in [0.25, 0.3) is 5.91 Å². The summed E-state index contributed by atoms with van der Waals surface area (Å²) in [5.41, 5.74) is 1.56. The highest BCUT2D eigenvalue weighted by Gasteiger charge is 2.67. The summed E-state index contributed by atoms with van der Waals surface area (Å²) in [6, 6.07) is 9.60. The van der Waals surface area contributed by atoms with Gasteiger partial charge in [-0.1, -0.05) is 13.0 Å². The lowest BCUT2D eigenvalue weighted by atomic mass is 9.84. The molecule has 0 bridgehead atoms. The minimum atomic E-state index is -0.899. The Balaban J connectivity index is 1.62. The third-order valence-electron chi connectivity index (χ3n) is 7.38. The fourth-order valence-electron chi connectivity index (χ4n) is 5.52. The molecule has 1 aliphatic heterocycles. The first-order valence-electron chi connectivity index (χ1n) is 12.4. The van der Waals surface area contributed by atoms with Gasteiger partial charge in [0.1, 0.15) is 11.6 Å². The van der Waals surface area contributed by atoms with Crippen LogP contribution in [0.25, 0.3) is 0 Å². The molecule has 2 aromatic carbocycles. The maximum absolute atomic E-state index is 14.8. The van der Waals surface area contributed by atoms with Gasteiger partial charge in [-0.25, -0.2) is 4.39 Å². The summed E-state index contributed by atoms with van der Waals surface area (Å²) >= 11 is 0. The zero-order chi connectivity index (χ0) is 26.9. The van der Waals surface area contributed by atoms with E-state index < -0.39 is 29.0 Å². The van der Waals surface area contributed by atoms with Crippen LogP contribution in [0.5, 0.6) is 5.75 Å². The van der Waals surface area contributed by atoms with Crippen LogP contribution < -0.4 is 15.4 Å². The van der Waals surface area contributed by atoms with Crippen molar-refractivity contribution >= 4 is 23.5 Å². The Kier molecular flexibility index (Phi) is 7.21. The minimum absolute atomic E-state index is 0.00375. The summed E-state index contributed by atoms with van der Waals surface area (Å²) in [6.07, 6.45) is 1.37. The molecule has 9 heteroatoms. The Bertz CT molecular complexity index is 1300. The summed E-state index contributed by atoms with van der Waals surface area (Å²) in [5, 5.41) is 24.0. The van der Waals surface area contributed by atoms with Crippen LogP contribution in [0.15, 0.2) is 30.3 Å². The highest BCUT2D eigenvalue weighted by atomic mass is 19.1. The predicted molar refractivity (Wildman–Crippen MR) is 134 cm³/mol. The fourth-order valence-corrected chi connectivity index (χ4v) is 5.52. The molecule has 37 heavy (non-hydrogen) atoms. The minimum Gasteiger partial charge on any atom is -0.493 e. The first kappa shape index (κ1) is 26.1. The monoisotopic (exact) mass is 507 g/mol. The van der Waals surface area contributed by atoms with E-state index in [2.05, 4.69) is 16.7 Å². The molecule has 1 saturated carbocycles.